The molecule has 0 aromatic rings. The Morgan fingerprint density at radius 1 is 0.892 bits per heavy atom. The van der Waals surface area contributed by atoms with E-state index in [9.17, 15) is 5.11 Å². The fraction of sp³-hybridized carbons (Fsp3) is 1.00. The molecule has 2 spiro atoms. The fourth-order valence-electron chi connectivity index (χ4n) is 12.3. The van der Waals surface area contributed by atoms with Gasteiger partial charge in [-0.25, -0.2) is 0 Å². The molecule has 0 amide bonds. The molecule has 1 N–H and O–H groups in total. The number of hydrogen-bond acceptors (Lipinski definition) is 3. The number of ether oxygens (including phenoxy) is 2. The molecule has 0 aromatic carbocycles. The van der Waals surface area contributed by atoms with Gasteiger partial charge in [-0.2, -0.15) is 0 Å². The summed E-state index contributed by atoms with van der Waals surface area (Å²) >= 11 is 0. The third-order valence-corrected chi connectivity index (χ3v) is 13.6. The highest BCUT2D eigenvalue weighted by molar-refractivity contribution is 5.18. The summed E-state index contributed by atoms with van der Waals surface area (Å²) in [5.41, 5.74) is 1.58. The van der Waals surface area contributed by atoms with Crippen LogP contribution >= 0.6 is 0 Å². The van der Waals surface area contributed by atoms with Gasteiger partial charge in [-0.15, -0.1) is 0 Å². The Kier molecular flexibility index (Phi) is 6.73. The van der Waals surface area contributed by atoms with Crippen LogP contribution in [0.5, 0.6) is 0 Å². The third kappa shape index (κ3) is 4.39. The van der Waals surface area contributed by atoms with Crippen molar-refractivity contribution >= 4 is 0 Å². The highest BCUT2D eigenvalue weighted by Gasteiger charge is 2.68. The maximum Gasteiger partial charge on any atom is 0.0651 e. The highest BCUT2D eigenvalue weighted by Crippen LogP contribution is 2.76. The van der Waals surface area contributed by atoms with Gasteiger partial charge >= 0.3 is 0 Å². The van der Waals surface area contributed by atoms with Gasteiger partial charge in [0.05, 0.1) is 23.9 Å². The van der Waals surface area contributed by atoms with Crippen LogP contribution in [0.2, 0.25) is 0 Å². The van der Waals surface area contributed by atoms with Gasteiger partial charge in [0, 0.05) is 13.0 Å². The Labute approximate surface area is 228 Å². The molecular formula is C34H58O3. The molecule has 7 aliphatic rings. The Morgan fingerprint density at radius 2 is 1.65 bits per heavy atom. The second kappa shape index (κ2) is 9.20. The summed E-state index contributed by atoms with van der Waals surface area (Å²) in [6.07, 6.45) is 20.7. The summed E-state index contributed by atoms with van der Waals surface area (Å²) in [4.78, 5) is 0. The Hall–Kier alpha value is -0.120. The zero-order valence-corrected chi connectivity index (χ0v) is 25.1. The van der Waals surface area contributed by atoms with Crippen LogP contribution in [0.1, 0.15) is 138 Å². The quantitative estimate of drug-likeness (QED) is 0.410. The predicted molar refractivity (Wildman–Crippen MR) is 150 cm³/mol. The molecule has 3 nitrogen and oxygen atoms in total. The standard InChI is InChI=1S/C34H58O3/c1-7-36-30(2,3)20-24-12-11-23-19-32(6)15-9-17-33-21-34(22-33)16-8-10-29(35)31(4,5)28(34)14-13-25(33)26(32)18-27(23)37-24/h23-29,35H,7-22H2,1-6H3. The van der Waals surface area contributed by atoms with Gasteiger partial charge in [0.25, 0.3) is 0 Å². The SMILES string of the molecule is CCOC(C)(C)CC1CCC2CC3(C)CCCC45CC6(CCCC(O)C(C)(C)C6CCC4C3CC2O1)C5. The Morgan fingerprint density at radius 3 is 2.41 bits per heavy atom. The average Bonchev–Trinajstić information content (AvgIpc) is 3.11. The molecule has 7 fully saturated rings. The number of hydrogen-bond donors (Lipinski definition) is 1. The Bertz CT molecular complexity index is 840. The average molecular weight is 515 g/mol. The van der Waals surface area contributed by atoms with Crippen LogP contribution in [0, 0.1) is 45.3 Å². The topological polar surface area (TPSA) is 38.7 Å². The largest absolute Gasteiger partial charge is 0.393 e. The summed E-state index contributed by atoms with van der Waals surface area (Å²) < 4.78 is 13.1. The van der Waals surface area contributed by atoms with Crippen LogP contribution in [-0.4, -0.2) is 35.6 Å². The highest BCUT2D eigenvalue weighted by atomic mass is 16.5. The van der Waals surface area contributed by atoms with E-state index in [0.29, 0.717) is 34.4 Å². The molecule has 0 aromatic heterocycles. The second-order valence-electron chi connectivity index (χ2n) is 16.6. The molecule has 6 aliphatic carbocycles. The number of aliphatic hydroxyl groups excluding tert-OH is 1. The second-order valence-corrected chi connectivity index (χ2v) is 16.6. The van der Waals surface area contributed by atoms with Crippen LogP contribution in [0.4, 0.5) is 0 Å². The first-order valence-corrected chi connectivity index (χ1v) is 16.4. The summed E-state index contributed by atoms with van der Waals surface area (Å²) in [5, 5.41) is 11.2. The van der Waals surface area contributed by atoms with Gasteiger partial charge in [0.2, 0.25) is 0 Å². The van der Waals surface area contributed by atoms with Gasteiger partial charge in [-0.05, 0) is 143 Å². The van der Waals surface area contributed by atoms with E-state index in [1.165, 1.54) is 83.5 Å². The van der Waals surface area contributed by atoms with E-state index < -0.39 is 0 Å². The molecule has 2 bridgehead atoms. The van der Waals surface area contributed by atoms with Crippen LogP contribution < -0.4 is 0 Å². The summed E-state index contributed by atoms with van der Waals surface area (Å²) in [5.74, 6) is 3.16. The van der Waals surface area contributed by atoms with Gasteiger partial charge in [0.1, 0.15) is 0 Å². The molecule has 7 rings (SSSR count). The molecule has 1 saturated heterocycles. The number of fused-ring (bicyclic) bond motifs is 3. The minimum atomic E-state index is -0.120. The Balaban J connectivity index is 1.24. The van der Waals surface area contributed by atoms with Crippen LogP contribution in [0.15, 0.2) is 0 Å². The monoisotopic (exact) mass is 514 g/mol. The lowest BCUT2D eigenvalue weighted by Crippen LogP contribution is -2.57. The van der Waals surface area contributed by atoms with E-state index in [1.54, 1.807) is 0 Å². The van der Waals surface area contributed by atoms with Crippen molar-refractivity contribution in [1.29, 1.82) is 0 Å². The molecule has 6 saturated carbocycles. The molecule has 1 heterocycles. The zero-order chi connectivity index (χ0) is 26.3. The van der Waals surface area contributed by atoms with Gasteiger partial charge < -0.3 is 14.6 Å². The van der Waals surface area contributed by atoms with Crippen molar-refractivity contribution in [2.45, 2.75) is 162 Å². The molecule has 212 valence electrons. The van der Waals surface area contributed by atoms with Crippen LogP contribution in [0.25, 0.3) is 0 Å². The van der Waals surface area contributed by atoms with Crippen molar-refractivity contribution in [2.24, 2.45) is 45.3 Å². The first kappa shape index (κ1) is 27.1. The predicted octanol–water partition coefficient (Wildman–Crippen LogP) is 8.32. The van der Waals surface area contributed by atoms with Gasteiger partial charge in [-0.1, -0.05) is 33.6 Å². The summed E-state index contributed by atoms with van der Waals surface area (Å²) in [6.45, 7) is 14.9. The van der Waals surface area contributed by atoms with Gasteiger partial charge in [-0.3, -0.25) is 0 Å². The van der Waals surface area contributed by atoms with E-state index in [1.807, 2.05) is 0 Å². The van der Waals surface area contributed by atoms with Crippen molar-refractivity contribution < 1.29 is 14.6 Å². The first-order valence-electron chi connectivity index (χ1n) is 16.4. The van der Waals surface area contributed by atoms with Gasteiger partial charge in [0.15, 0.2) is 0 Å². The molecule has 8 unspecified atom stereocenters. The summed E-state index contributed by atoms with van der Waals surface area (Å²) in [6, 6.07) is 0. The van der Waals surface area contributed by atoms with Crippen molar-refractivity contribution in [3.63, 3.8) is 0 Å². The smallest absolute Gasteiger partial charge is 0.0651 e. The van der Waals surface area contributed by atoms with Crippen molar-refractivity contribution in [2.75, 3.05) is 6.61 Å². The number of aliphatic hydroxyl groups is 1. The van der Waals surface area contributed by atoms with E-state index in [2.05, 4.69) is 41.5 Å². The zero-order valence-electron chi connectivity index (χ0n) is 25.1. The van der Waals surface area contributed by atoms with Crippen molar-refractivity contribution in [3.8, 4) is 0 Å². The molecule has 1 aliphatic heterocycles. The summed E-state index contributed by atoms with van der Waals surface area (Å²) in [7, 11) is 0. The maximum atomic E-state index is 11.2. The molecule has 8 atom stereocenters. The van der Waals surface area contributed by atoms with Crippen molar-refractivity contribution in [1.82, 2.24) is 0 Å². The molecular weight excluding hydrogens is 456 g/mol. The third-order valence-electron chi connectivity index (χ3n) is 13.6. The minimum absolute atomic E-state index is 0.0652. The lowest BCUT2D eigenvalue weighted by atomic mass is 9.41. The molecule has 0 radical (unpaired) electrons. The minimum Gasteiger partial charge on any atom is -0.393 e. The van der Waals surface area contributed by atoms with E-state index in [-0.39, 0.29) is 17.1 Å². The van der Waals surface area contributed by atoms with E-state index in [4.69, 9.17) is 9.47 Å². The van der Waals surface area contributed by atoms with Crippen LogP contribution in [0.3, 0.4) is 0 Å². The fourth-order valence-corrected chi connectivity index (χ4v) is 12.3. The first-order chi connectivity index (χ1) is 17.4. The van der Waals surface area contributed by atoms with E-state index in [0.717, 1.165) is 37.2 Å². The normalized spacial score (nSPS) is 51.2. The van der Waals surface area contributed by atoms with Crippen LogP contribution in [-0.2, 0) is 9.47 Å². The van der Waals surface area contributed by atoms with Crippen molar-refractivity contribution in [3.05, 3.63) is 0 Å². The lowest BCUT2D eigenvalue weighted by molar-refractivity contribution is -0.181. The van der Waals surface area contributed by atoms with E-state index >= 15 is 0 Å². The molecule has 3 heteroatoms. The molecule has 37 heavy (non-hydrogen) atoms. The lowest BCUT2D eigenvalue weighted by Gasteiger charge is -2.64. The number of rotatable bonds is 4. The maximum absolute atomic E-state index is 11.2.